The highest BCUT2D eigenvalue weighted by molar-refractivity contribution is 7.08. The number of aromatic amines is 1. The van der Waals surface area contributed by atoms with Crippen molar-refractivity contribution in [1.29, 1.82) is 0 Å². The molecule has 5 nitrogen and oxygen atoms in total. The van der Waals surface area contributed by atoms with Gasteiger partial charge in [0.15, 0.2) is 0 Å². The van der Waals surface area contributed by atoms with E-state index in [1.165, 1.54) is 6.33 Å². The van der Waals surface area contributed by atoms with Gasteiger partial charge in [-0.25, -0.2) is 14.8 Å². The Bertz CT molecular complexity index is 719. The Morgan fingerprint density at radius 1 is 1.47 bits per heavy atom. The van der Waals surface area contributed by atoms with Crippen LogP contribution in [0.5, 0.6) is 0 Å². The Labute approximate surface area is 113 Å². The average Bonchev–Trinajstić information content (AvgIpc) is 3.08. The van der Waals surface area contributed by atoms with Gasteiger partial charge in [-0.05, 0) is 18.4 Å². The highest BCUT2D eigenvalue weighted by Crippen LogP contribution is 2.29. The highest BCUT2D eigenvalue weighted by Gasteiger charge is 2.18. The van der Waals surface area contributed by atoms with E-state index in [0.29, 0.717) is 23.2 Å². The van der Waals surface area contributed by atoms with Crippen LogP contribution in [0.2, 0.25) is 0 Å². The zero-order chi connectivity index (χ0) is 13.2. The van der Waals surface area contributed by atoms with Gasteiger partial charge in [-0.2, -0.15) is 11.3 Å². The Balaban J connectivity index is 2.23. The molecule has 0 spiro atoms. The van der Waals surface area contributed by atoms with Gasteiger partial charge >= 0.3 is 5.97 Å². The number of esters is 1. The van der Waals surface area contributed by atoms with Crippen LogP contribution in [0.4, 0.5) is 0 Å². The smallest absolute Gasteiger partial charge is 0.340 e. The molecule has 0 bridgehead atoms. The molecule has 0 fully saturated rings. The topological polar surface area (TPSA) is 67.9 Å². The summed E-state index contributed by atoms with van der Waals surface area (Å²) in [7, 11) is 0. The van der Waals surface area contributed by atoms with E-state index in [1.54, 1.807) is 24.5 Å². The van der Waals surface area contributed by atoms with E-state index in [0.717, 1.165) is 11.3 Å². The van der Waals surface area contributed by atoms with Crippen LogP contribution in [-0.4, -0.2) is 27.5 Å². The van der Waals surface area contributed by atoms with Crippen LogP contribution in [0, 0.1) is 0 Å². The molecule has 0 saturated heterocycles. The number of H-pyrrole nitrogens is 1. The number of ether oxygens (including phenoxy) is 1. The summed E-state index contributed by atoms with van der Waals surface area (Å²) >= 11 is 1.58. The van der Waals surface area contributed by atoms with Crippen LogP contribution in [-0.2, 0) is 4.74 Å². The maximum absolute atomic E-state index is 11.9. The van der Waals surface area contributed by atoms with Crippen LogP contribution in [0.25, 0.3) is 22.3 Å². The van der Waals surface area contributed by atoms with Crippen molar-refractivity contribution in [2.45, 2.75) is 6.92 Å². The minimum absolute atomic E-state index is 0.340. The van der Waals surface area contributed by atoms with E-state index in [2.05, 4.69) is 15.0 Å². The fourth-order valence-corrected chi connectivity index (χ4v) is 2.59. The maximum Gasteiger partial charge on any atom is 0.340 e. The Morgan fingerprint density at radius 2 is 2.37 bits per heavy atom. The second-order valence-electron chi connectivity index (χ2n) is 3.88. The lowest BCUT2D eigenvalue weighted by molar-refractivity contribution is 0.0528. The highest BCUT2D eigenvalue weighted by atomic mass is 32.1. The average molecular weight is 273 g/mol. The first-order valence-corrected chi connectivity index (χ1v) is 6.77. The number of hydrogen-bond donors (Lipinski definition) is 1. The van der Waals surface area contributed by atoms with Crippen molar-refractivity contribution in [2.75, 3.05) is 6.61 Å². The number of nitrogens with zero attached hydrogens (tertiary/aromatic N) is 2. The fourth-order valence-electron chi connectivity index (χ4n) is 1.95. The number of carbonyl (C=O) groups is 1. The fraction of sp³-hybridized carbons (Fsp3) is 0.154. The number of fused-ring (bicyclic) bond motifs is 1. The van der Waals surface area contributed by atoms with E-state index in [-0.39, 0.29) is 5.97 Å². The zero-order valence-electron chi connectivity index (χ0n) is 10.2. The van der Waals surface area contributed by atoms with E-state index in [1.807, 2.05) is 16.8 Å². The van der Waals surface area contributed by atoms with Crippen molar-refractivity contribution in [3.63, 3.8) is 0 Å². The van der Waals surface area contributed by atoms with Gasteiger partial charge < -0.3 is 9.72 Å². The number of carbonyl (C=O) groups excluding carboxylic acids is 1. The number of thiophene rings is 1. The van der Waals surface area contributed by atoms with Crippen molar-refractivity contribution in [3.05, 3.63) is 34.9 Å². The molecule has 1 N–H and O–H groups in total. The molecule has 0 aliphatic rings. The van der Waals surface area contributed by atoms with Gasteiger partial charge in [0, 0.05) is 17.1 Å². The molecule has 3 heterocycles. The number of hydrogen-bond acceptors (Lipinski definition) is 5. The van der Waals surface area contributed by atoms with Crippen LogP contribution in [0.15, 0.2) is 29.4 Å². The third-order valence-corrected chi connectivity index (χ3v) is 3.44. The summed E-state index contributed by atoms with van der Waals surface area (Å²) in [6.07, 6.45) is 3.11. The van der Waals surface area contributed by atoms with Gasteiger partial charge in [-0.15, -0.1) is 0 Å². The van der Waals surface area contributed by atoms with E-state index in [4.69, 9.17) is 4.74 Å². The summed E-state index contributed by atoms with van der Waals surface area (Å²) in [5.41, 5.74) is 2.83. The normalized spacial score (nSPS) is 10.8. The van der Waals surface area contributed by atoms with Crippen molar-refractivity contribution in [2.24, 2.45) is 0 Å². The van der Waals surface area contributed by atoms with Gasteiger partial charge in [-0.3, -0.25) is 0 Å². The molecule has 3 rings (SSSR count). The number of rotatable bonds is 3. The Morgan fingerprint density at radius 3 is 3.11 bits per heavy atom. The molecule has 0 atom stereocenters. The quantitative estimate of drug-likeness (QED) is 0.745. The van der Waals surface area contributed by atoms with Gasteiger partial charge in [0.2, 0.25) is 0 Å². The van der Waals surface area contributed by atoms with Crippen LogP contribution >= 0.6 is 11.3 Å². The lowest BCUT2D eigenvalue weighted by atomic mass is 10.1. The molecule has 3 aromatic heterocycles. The Kier molecular flexibility index (Phi) is 3.00. The molecule has 0 radical (unpaired) electrons. The van der Waals surface area contributed by atoms with E-state index < -0.39 is 0 Å². The second-order valence-corrected chi connectivity index (χ2v) is 4.66. The first-order valence-electron chi connectivity index (χ1n) is 5.83. The van der Waals surface area contributed by atoms with Crippen LogP contribution in [0.3, 0.4) is 0 Å². The van der Waals surface area contributed by atoms with Crippen molar-refractivity contribution in [1.82, 2.24) is 15.0 Å². The lowest BCUT2D eigenvalue weighted by Gasteiger charge is -2.03. The molecule has 6 heteroatoms. The summed E-state index contributed by atoms with van der Waals surface area (Å²) in [5.74, 6) is -0.361. The monoisotopic (exact) mass is 273 g/mol. The molecule has 0 aliphatic heterocycles. The molecule has 0 unspecified atom stereocenters. The van der Waals surface area contributed by atoms with Gasteiger partial charge in [0.1, 0.15) is 12.0 Å². The molecule has 0 saturated carbocycles. The minimum atomic E-state index is -0.361. The molecule has 3 aromatic rings. The molecule has 0 aromatic carbocycles. The van der Waals surface area contributed by atoms with Gasteiger partial charge in [-0.1, -0.05) is 0 Å². The van der Waals surface area contributed by atoms with E-state index >= 15 is 0 Å². The zero-order valence-corrected chi connectivity index (χ0v) is 11.0. The maximum atomic E-state index is 11.9. The van der Waals surface area contributed by atoms with Crippen molar-refractivity contribution in [3.8, 4) is 11.3 Å². The van der Waals surface area contributed by atoms with Crippen molar-refractivity contribution >= 4 is 28.3 Å². The molecular formula is C13H11N3O2S. The van der Waals surface area contributed by atoms with Gasteiger partial charge in [0.25, 0.3) is 0 Å². The predicted octanol–water partition coefficient (Wildman–Crippen LogP) is 2.86. The number of nitrogens with one attached hydrogen (secondary N) is 1. The van der Waals surface area contributed by atoms with Crippen LogP contribution < -0.4 is 0 Å². The lowest BCUT2D eigenvalue weighted by Crippen LogP contribution is -2.04. The molecule has 0 amide bonds. The third kappa shape index (κ3) is 2.00. The number of aromatic nitrogens is 3. The van der Waals surface area contributed by atoms with Crippen molar-refractivity contribution < 1.29 is 9.53 Å². The molecule has 96 valence electrons. The predicted molar refractivity (Wildman–Crippen MR) is 73.2 cm³/mol. The second kappa shape index (κ2) is 4.81. The summed E-state index contributed by atoms with van der Waals surface area (Å²) in [6, 6.07) is 1.97. The SMILES string of the molecule is CCOC(=O)c1c[nH]c2ncnc(-c3ccsc3)c12. The molecule has 0 aliphatic carbocycles. The first kappa shape index (κ1) is 11.9. The Hall–Kier alpha value is -2.21. The third-order valence-electron chi connectivity index (χ3n) is 2.76. The largest absolute Gasteiger partial charge is 0.462 e. The molecular weight excluding hydrogens is 262 g/mol. The minimum Gasteiger partial charge on any atom is -0.462 e. The molecule has 19 heavy (non-hydrogen) atoms. The standard InChI is InChI=1S/C13H11N3O2S/c1-2-18-13(17)9-5-14-12-10(9)11(15-7-16-12)8-3-4-19-6-8/h3-7H,2H2,1H3,(H,14,15,16). The summed E-state index contributed by atoms with van der Waals surface area (Å²) in [6.45, 7) is 2.12. The summed E-state index contributed by atoms with van der Waals surface area (Å²) in [4.78, 5) is 23.4. The van der Waals surface area contributed by atoms with Crippen LogP contribution in [0.1, 0.15) is 17.3 Å². The van der Waals surface area contributed by atoms with Gasteiger partial charge in [0.05, 0.1) is 23.3 Å². The summed E-state index contributed by atoms with van der Waals surface area (Å²) in [5, 5.41) is 4.67. The summed E-state index contributed by atoms with van der Waals surface area (Å²) < 4.78 is 5.05. The van der Waals surface area contributed by atoms with E-state index in [9.17, 15) is 4.79 Å². The first-order chi connectivity index (χ1) is 9.31.